The summed E-state index contributed by atoms with van der Waals surface area (Å²) < 4.78 is 0. The van der Waals surface area contributed by atoms with Gasteiger partial charge in [0.2, 0.25) is 0 Å². The fraction of sp³-hybridized carbons (Fsp3) is 0.0714. The Morgan fingerprint density at radius 2 is 1.93 bits per heavy atom. The van der Waals surface area contributed by atoms with Gasteiger partial charge in [-0.05, 0) is 28.0 Å². The molecule has 0 saturated heterocycles. The van der Waals surface area contributed by atoms with Crippen molar-refractivity contribution in [1.82, 2.24) is 0 Å². The first kappa shape index (κ1) is 8.26. The minimum atomic E-state index is 0.785. The molecule has 0 fully saturated rings. The monoisotopic (exact) mass is 191 g/mol. The molecule has 0 bridgehead atoms. The summed E-state index contributed by atoms with van der Waals surface area (Å²) in [7, 11) is 0. The van der Waals surface area contributed by atoms with Crippen LogP contribution in [0.25, 0.3) is 16.8 Å². The summed E-state index contributed by atoms with van der Waals surface area (Å²) in [6.07, 6.45) is 2.77. The lowest BCUT2D eigenvalue weighted by Crippen LogP contribution is -1.85. The predicted octanol–water partition coefficient (Wildman–Crippen LogP) is 3.30. The van der Waals surface area contributed by atoms with Crippen LogP contribution >= 0.6 is 0 Å². The van der Waals surface area contributed by atoms with E-state index in [1.807, 2.05) is 18.2 Å². The molecule has 1 heteroatoms. The highest BCUT2D eigenvalue weighted by molar-refractivity contribution is 5.91. The zero-order chi connectivity index (χ0) is 10.3. The van der Waals surface area contributed by atoms with E-state index < -0.39 is 0 Å². The number of benzene rings is 2. The Labute approximate surface area is 88.3 Å². The molecular formula is C14H9N. The normalized spacial score (nSPS) is 13.4. The maximum absolute atomic E-state index is 8.89. The highest BCUT2D eigenvalue weighted by Gasteiger charge is 2.14. The Bertz CT molecular complexity index is 615. The summed E-state index contributed by atoms with van der Waals surface area (Å²) in [4.78, 5) is 0. The molecule has 1 aliphatic carbocycles. The van der Waals surface area contributed by atoms with Gasteiger partial charge in [-0.3, -0.25) is 0 Å². The molecule has 0 unspecified atom stereocenters. The van der Waals surface area contributed by atoms with Crippen LogP contribution in [-0.4, -0.2) is 0 Å². The van der Waals surface area contributed by atoms with Crippen molar-refractivity contribution in [1.29, 1.82) is 5.26 Å². The summed E-state index contributed by atoms with van der Waals surface area (Å²) in [5.41, 5.74) is 3.36. The van der Waals surface area contributed by atoms with Crippen molar-refractivity contribution in [2.75, 3.05) is 0 Å². The van der Waals surface area contributed by atoms with Crippen LogP contribution < -0.4 is 0 Å². The first-order valence-corrected chi connectivity index (χ1v) is 5.00. The van der Waals surface area contributed by atoms with Crippen molar-refractivity contribution in [3.8, 4) is 6.07 Å². The standard InChI is InChI=1S/C14H9N/c15-9-10-7-12-6-5-11-3-1-2-4-13(11)14(12)8-10/h1-7H,8H2. The highest BCUT2D eigenvalue weighted by Crippen LogP contribution is 2.31. The summed E-state index contributed by atoms with van der Waals surface area (Å²) in [6.45, 7) is 0. The van der Waals surface area contributed by atoms with E-state index in [1.54, 1.807) is 0 Å². The van der Waals surface area contributed by atoms with Crippen LogP contribution in [0.2, 0.25) is 0 Å². The minimum absolute atomic E-state index is 0.785. The van der Waals surface area contributed by atoms with Crippen LogP contribution in [0.15, 0.2) is 42.0 Å². The van der Waals surface area contributed by atoms with Gasteiger partial charge < -0.3 is 0 Å². The molecule has 3 rings (SSSR count). The first-order valence-electron chi connectivity index (χ1n) is 5.00. The van der Waals surface area contributed by atoms with Crippen LogP contribution in [0, 0.1) is 11.3 Å². The molecule has 0 atom stereocenters. The summed E-state index contributed by atoms with van der Waals surface area (Å²) >= 11 is 0. The van der Waals surface area contributed by atoms with Gasteiger partial charge in [0.05, 0.1) is 6.07 Å². The molecule has 0 radical (unpaired) electrons. The Morgan fingerprint density at radius 1 is 1.07 bits per heavy atom. The van der Waals surface area contributed by atoms with Gasteiger partial charge in [0.15, 0.2) is 0 Å². The van der Waals surface area contributed by atoms with Gasteiger partial charge in [-0.25, -0.2) is 0 Å². The van der Waals surface area contributed by atoms with Gasteiger partial charge in [-0.15, -0.1) is 0 Å². The van der Waals surface area contributed by atoms with Gasteiger partial charge in [-0.1, -0.05) is 36.4 Å². The number of rotatable bonds is 0. The minimum Gasteiger partial charge on any atom is -0.193 e. The maximum atomic E-state index is 8.89. The van der Waals surface area contributed by atoms with Crippen LogP contribution in [0.3, 0.4) is 0 Å². The maximum Gasteiger partial charge on any atom is 0.0950 e. The second-order valence-corrected chi connectivity index (χ2v) is 3.81. The summed E-state index contributed by atoms with van der Waals surface area (Å²) in [6, 6.07) is 14.8. The van der Waals surface area contributed by atoms with Gasteiger partial charge >= 0.3 is 0 Å². The molecule has 0 N–H and O–H groups in total. The van der Waals surface area contributed by atoms with Crippen molar-refractivity contribution in [3.63, 3.8) is 0 Å². The molecule has 0 aromatic heterocycles. The average Bonchev–Trinajstić information content (AvgIpc) is 2.72. The molecule has 0 aliphatic heterocycles. The Balaban J connectivity index is 2.31. The molecule has 2 aromatic carbocycles. The van der Waals surface area contributed by atoms with Gasteiger partial charge in [0.1, 0.15) is 0 Å². The average molecular weight is 191 g/mol. The largest absolute Gasteiger partial charge is 0.193 e. The van der Waals surface area contributed by atoms with E-state index in [9.17, 15) is 0 Å². The van der Waals surface area contributed by atoms with Crippen molar-refractivity contribution >= 4 is 16.8 Å². The number of nitrogens with zero attached hydrogens (tertiary/aromatic N) is 1. The molecule has 0 saturated carbocycles. The highest BCUT2D eigenvalue weighted by atomic mass is 14.3. The van der Waals surface area contributed by atoms with Crippen molar-refractivity contribution in [3.05, 3.63) is 53.1 Å². The molecule has 15 heavy (non-hydrogen) atoms. The molecule has 70 valence electrons. The lowest BCUT2D eigenvalue weighted by molar-refractivity contribution is 1.27. The van der Waals surface area contributed by atoms with Gasteiger partial charge in [0.25, 0.3) is 0 Å². The van der Waals surface area contributed by atoms with Gasteiger partial charge in [-0.2, -0.15) is 5.26 Å². The number of nitriles is 1. The van der Waals surface area contributed by atoms with E-state index in [0.717, 1.165) is 12.0 Å². The number of fused-ring (bicyclic) bond motifs is 3. The smallest absolute Gasteiger partial charge is 0.0950 e. The quantitative estimate of drug-likeness (QED) is 0.626. The third-order valence-electron chi connectivity index (χ3n) is 2.92. The first-order chi connectivity index (χ1) is 7.38. The molecule has 2 aromatic rings. The third kappa shape index (κ3) is 1.15. The van der Waals surface area contributed by atoms with Crippen LogP contribution in [0.5, 0.6) is 0 Å². The second kappa shape index (κ2) is 2.96. The van der Waals surface area contributed by atoms with E-state index in [-0.39, 0.29) is 0 Å². The number of allylic oxidation sites excluding steroid dienone is 1. The molecule has 1 nitrogen and oxygen atoms in total. The molecule has 0 amide bonds. The van der Waals surface area contributed by atoms with Crippen LogP contribution in [-0.2, 0) is 6.42 Å². The molecule has 0 heterocycles. The van der Waals surface area contributed by atoms with E-state index in [4.69, 9.17) is 5.26 Å². The Hall–Kier alpha value is -2.07. The van der Waals surface area contributed by atoms with Gasteiger partial charge in [0, 0.05) is 12.0 Å². The molecular weight excluding hydrogens is 182 g/mol. The van der Waals surface area contributed by atoms with Crippen LogP contribution in [0.1, 0.15) is 11.1 Å². The SMILES string of the molecule is N#CC1=Cc2ccc3ccccc3c2C1. The predicted molar refractivity (Wildman–Crippen MR) is 61.2 cm³/mol. The lowest BCUT2D eigenvalue weighted by atomic mass is 10.0. The zero-order valence-electron chi connectivity index (χ0n) is 8.20. The zero-order valence-corrected chi connectivity index (χ0v) is 8.20. The number of hydrogen-bond donors (Lipinski definition) is 0. The van der Waals surface area contributed by atoms with E-state index >= 15 is 0 Å². The summed E-state index contributed by atoms with van der Waals surface area (Å²) in [5, 5.41) is 11.4. The van der Waals surface area contributed by atoms with Crippen LogP contribution in [0.4, 0.5) is 0 Å². The van der Waals surface area contributed by atoms with Crippen molar-refractivity contribution in [2.45, 2.75) is 6.42 Å². The van der Waals surface area contributed by atoms with Crippen molar-refractivity contribution < 1.29 is 0 Å². The van der Waals surface area contributed by atoms with E-state index in [0.29, 0.717) is 0 Å². The second-order valence-electron chi connectivity index (χ2n) is 3.81. The van der Waals surface area contributed by atoms with Crippen molar-refractivity contribution in [2.24, 2.45) is 0 Å². The topological polar surface area (TPSA) is 23.8 Å². The fourth-order valence-electron chi connectivity index (χ4n) is 2.19. The van der Waals surface area contributed by atoms with E-state index in [2.05, 4.69) is 30.3 Å². The Kier molecular flexibility index (Phi) is 1.63. The summed E-state index contributed by atoms with van der Waals surface area (Å²) in [5.74, 6) is 0. The lowest BCUT2D eigenvalue weighted by Gasteiger charge is -2.04. The Morgan fingerprint density at radius 3 is 2.80 bits per heavy atom. The molecule has 1 aliphatic rings. The molecule has 0 spiro atoms. The van der Waals surface area contributed by atoms with E-state index in [1.165, 1.54) is 21.9 Å². The fourth-order valence-corrected chi connectivity index (χ4v) is 2.19. The third-order valence-corrected chi connectivity index (χ3v) is 2.92. The number of hydrogen-bond acceptors (Lipinski definition) is 1.